The summed E-state index contributed by atoms with van der Waals surface area (Å²) in [6.45, 7) is 1.87. The van der Waals surface area contributed by atoms with Crippen LogP contribution in [-0.2, 0) is 6.54 Å². The average molecular weight is 392 g/mol. The third kappa shape index (κ3) is 3.79. The number of aromatic nitrogens is 2. The fraction of sp³-hybridized carbons (Fsp3) is 0.130. The lowest BCUT2D eigenvalue weighted by Crippen LogP contribution is -2.01. The molecule has 0 aliphatic carbocycles. The second-order valence-electron chi connectivity index (χ2n) is 6.94. The van der Waals surface area contributed by atoms with Gasteiger partial charge in [0.1, 0.15) is 23.4 Å². The van der Waals surface area contributed by atoms with Gasteiger partial charge in [-0.1, -0.05) is 24.3 Å². The first-order chi connectivity index (χ1) is 13.9. The van der Waals surface area contributed by atoms with Gasteiger partial charge in [0, 0.05) is 36.8 Å². The third-order valence-corrected chi connectivity index (χ3v) is 4.90. The van der Waals surface area contributed by atoms with Gasteiger partial charge in [-0.3, -0.25) is 9.78 Å². The van der Waals surface area contributed by atoms with Gasteiger partial charge in [-0.05, 0) is 41.5 Å². The number of carbonyl (C=O) groups excluding carboxylic acids is 1. The standard InChI is InChI=1S/C23H18F2N2O2/c1-14(28)21-10-22-19(11-26-21)20(23(29)16-4-8-18(25)9-5-16)13-27(22)12-15-2-6-17(24)7-3-15/h2-11,13,23,29H,12H2,1H3. The smallest absolute Gasteiger partial charge is 0.178 e. The summed E-state index contributed by atoms with van der Waals surface area (Å²) in [5.74, 6) is -0.865. The van der Waals surface area contributed by atoms with Crippen LogP contribution in [0.25, 0.3) is 10.9 Å². The summed E-state index contributed by atoms with van der Waals surface area (Å²) in [6.07, 6.45) is 2.36. The molecule has 0 aliphatic rings. The van der Waals surface area contributed by atoms with Crippen LogP contribution in [0.1, 0.15) is 40.2 Å². The molecule has 2 heterocycles. The highest BCUT2D eigenvalue weighted by molar-refractivity contribution is 5.96. The Kier molecular flexibility index (Phi) is 4.94. The molecular formula is C23H18F2N2O2. The molecule has 4 nitrogen and oxygen atoms in total. The molecule has 0 radical (unpaired) electrons. The van der Waals surface area contributed by atoms with Crippen LogP contribution in [0.2, 0.25) is 0 Å². The number of halogens is 2. The summed E-state index contributed by atoms with van der Waals surface area (Å²) in [6, 6.07) is 13.5. The van der Waals surface area contributed by atoms with Crippen LogP contribution in [0.15, 0.2) is 67.0 Å². The number of hydrogen-bond donors (Lipinski definition) is 1. The Morgan fingerprint density at radius 3 is 2.31 bits per heavy atom. The zero-order valence-corrected chi connectivity index (χ0v) is 15.6. The molecule has 146 valence electrons. The number of Topliss-reactive ketones (excluding diaryl/α,β-unsaturated/α-hetero) is 1. The van der Waals surface area contributed by atoms with E-state index in [9.17, 15) is 18.7 Å². The van der Waals surface area contributed by atoms with Crippen LogP contribution in [0.5, 0.6) is 0 Å². The quantitative estimate of drug-likeness (QED) is 0.503. The fourth-order valence-corrected chi connectivity index (χ4v) is 3.36. The molecule has 0 saturated heterocycles. The van der Waals surface area contributed by atoms with Crippen LogP contribution in [0, 0.1) is 11.6 Å². The van der Waals surface area contributed by atoms with E-state index in [0.29, 0.717) is 28.8 Å². The fourth-order valence-electron chi connectivity index (χ4n) is 3.36. The molecule has 0 fully saturated rings. The van der Waals surface area contributed by atoms with Crippen molar-refractivity contribution in [3.8, 4) is 0 Å². The lowest BCUT2D eigenvalue weighted by atomic mass is 10.0. The number of fused-ring (bicyclic) bond motifs is 1. The SMILES string of the molecule is CC(=O)c1cc2c(cn1)c(C(O)c1ccc(F)cc1)cn2Cc1ccc(F)cc1. The molecule has 4 aromatic rings. The Morgan fingerprint density at radius 2 is 1.69 bits per heavy atom. The maximum absolute atomic E-state index is 13.2. The van der Waals surface area contributed by atoms with Crippen LogP contribution in [-0.4, -0.2) is 20.4 Å². The lowest BCUT2D eigenvalue weighted by Gasteiger charge is -2.10. The predicted octanol–water partition coefficient (Wildman–Crippen LogP) is 4.65. The predicted molar refractivity (Wildman–Crippen MR) is 106 cm³/mol. The van der Waals surface area contributed by atoms with Gasteiger partial charge in [0.15, 0.2) is 5.78 Å². The molecule has 29 heavy (non-hydrogen) atoms. The second-order valence-corrected chi connectivity index (χ2v) is 6.94. The van der Waals surface area contributed by atoms with E-state index in [-0.39, 0.29) is 17.4 Å². The minimum absolute atomic E-state index is 0.165. The van der Waals surface area contributed by atoms with Gasteiger partial charge in [-0.15, -0.1) is 0 Å². The second kappa shape index (κ2) is 7.56. The van der Waals surface area contributed by atoms with Crippen molar-refractivity contribution in [1.82, 2.24) is 9.55 Å². The van der Waals surface area contributed by atoms with Crippen molar-refractivity contribution >= 4 is 16.7 Å². The first-order valence-corrected chi connectivity index (χ1v) is 9.10. The van der Waals surface area contributed by atoms with Gasteiger partial charge in [0.05, 0.1) is 5.52 Å². The number of pyridine rings is 1. The number of aliphatic hydroxyl groups is 1. The Hall–Kier alpha value is -3.38. The van der Waals surface area contributed by atoms with Crippen LogP contribution >= 0.6 is 0 Å². The maximum Gasteiger partial charge on any atom is 0.178 e. The van der Waals surface area contributed by atoms with Crippen LogP contribution < -0.4 is 0 Å². The number of rotatable bonds is 5. The molecular weight excluding hydrogens is 374 g/mol. The molecule has 1 atom stereocenters. The van der Waals surface area contributed by atoms with E-state index in [0.717, 1.165) is 11.1 Å². The molecule has 4 rings (SSSR count). The number of hydrogen-bond acceptors (Lipinski definition) is 3. The molecule has 0 aliphatic heterocycles. The summed E-state index contributed by atoms with van der Waals surface area (Å²) in [5.41, 5.74) is 3.05. The third-order valence-electron chi connectivity index (χ3n) is 4.90. The van der Waals surface area contributed by atoms with Gasteiger partial charge < -0.3 is 9.67 Å². The van der Waals surface area contributed by atoms with E-state index in [2.05, 4.69) is 4.98 Å². The van der Waals surface area contributed by atoms with Crippen molar-refractivity contribution in [1.29, 1.82) is 0 Å². The number of benzene rings is 2. The summed E-state index contributed by atoms with van der Waals surface area (Å²) in [7, 11) is 0. The summed E-state index contributed by atoms with van der Waals surface area (Å²) in [5, 5.41) is 11.6. The van der Waals surface area contributed by atoms with E-state index in [4.69, 9.17) is 0 Å². The lowest BCUT2D eigenvalue weighted by molar-refractivity contribution is 0.101. The Balaban J connectivity index is 1.83. The molecule has 1 unspecified atom stereocenters. The molecule has 0 saturated carbocycles. The highest BCUT2D eigenvalue weighted by atomic mass is 19.1. The van der Waals surface area contributed by atoms with Gasteiger partial charge in [-0.25, -0.2) is 8.78 Å². The first kappa shape index (κ1) is 19.0. The normalized spacial score (nSPS) is 12.3. The summed E-state index contributed by atoms with van der Waals surface area (Å²) >= 11 is 0. The van der Waals surface area contributed by atoms with Gasteiger partial charge >= 0.3 is 0 Å². The largest absolute Gasteiger partial charge is 0.384 e. The van der Waals surface area contributed by atoms with Gasteiger partial charge in [0.2, 0.25) is 0 Å². The minimum Gasteiger partial charge on any atom is -0.384 e. The van der Waals surface area contributed by atoms with Crippen LogP contribution in [0.3, 0.4) is 0 Å². The maximum atomic E-state index is 13.2. The van der Waals surface area contributed by atoms with Crippen molar-refractivity contribution in [2.75, 3.05) is 0 Å². The minimum atomic E-state index is -0.988. The van der Waals surface area contributed by atoms with Crippen molar-refractivity contribution in [2.45, 2.75) is 19.6 Å². The van der Waals surface area contributed by atoms with Gasteiger partial charge in [-0.2, -0.15) is 0 Å². The molecule has 2 aromatic heterocycles. The zero-order valence-electron chi connectivity index (χ0n) is 15.6. The number of aliphatic hydroxyl groups excluding tert-OH is 1. The average Bonchev–Trinajstić information content (AvgIpc) is 3.07. The van der Waals surface area contributed by atoms with E-state index < -0.39 is 6.10 Å². The van der Waals surface area contributed by atoms with Crippen molar-refractivity contribution < 1.29 is 18.7 Å². The van der Waals surface area contributed by atoms with E-state index in [1.54, 1.807) is 30.6 Å². The Bertz CT molecular complexity index is 1180. The van der Waals surface area contributed by atoms with E-state index >= 15 is 0 Å². The van der Waals surface area contributed by atoms with Gasteiger partial charge in [0.25, 0.3) is 0 Å². The zero-order chi connectivity index (χ0) is 20.5. The molecule has 0 amide bonds. The Labute approximate surface area is 166 Å². The number of carbonyl (C=O) groups is 1. The number of nitrogens with zero attached hydrogens (tertiary/aromatic N) is 2. The summed E-state index contributed by atoms with van der Waals surface area (Å²) < 4.78 is 28.4. The van der Waals surface area contributed by atoms with Crippen LogP contribution in [0.4, 0.5) is 8.78 Å². The van der Waals surface area contributed by atoms with Crippen molar-refractivity contribution in [2.24, 2.45) is 0 Å². The topological polar surface area (TPSA) is 55.1 Å². The molecule has 0 bridgehead atoms. The first-order valence-electron chi connectivity index (χ1n) is 9.10. The monoisotopic (exact) mass is 392 g/mol. The molecule has 2 aromatic carbocycles. The molecule has 0 spiro atoms. The highest BCUT2D eigenvalue weighted by Gasteiger charge is 2.19. The van der Waals surface area contributed by atoms with Crippen molar-refractivity contribution in [3.05, 3.63) is 101 Å². The highest BCUT2D eigenvalue weighted by Crippen LogP contribution is 2.31. The Morgan fingerprint density at radius 1 is 1.07 bits per heavy atom. The van der Waals surface area contributed by atoms with E-state index in [1.807, 2.05) is 4.57 Å². The molecule has 6 heteroatoms. The summed E-state index contributed by atoms with van der Waals surface area (Å²) in [4.78, 5) is 16.0. The van der Waals surface area contributed by atoms with E-state index in [1.165, 1.54) is 43.3 Å². The molecule has 1 N–H and O–H groups in total. The van der Waals surface area contributed by atoms with Crippen molar-refractivity contribution in [3.63, 3.8) is 0 Å². The number of ketones is 1.